The van der Waals surface area contributed by atoms with E-state index in [1.807, 2.05) is 31.2 Å². The van der Waals surface area contributed by atoms with E-state index in [1.165, 1.54) is 22.5 Å². The van der Waals surface area contributed by atoms with Crippen molar-refractivity contribution < 1.29 is 4.79 Å². The zero-order valence-corrected chi connectivity index (χ0v) is 14.8. The highest BCUT2D eigenvalue weighted by atomic mass is 32.1. The molecule has 0 radical (unpaired) electrons. The molecule has 1 amide bonds. The van der Waals surface area contributed by atoms with Gasteiger partial charge in [-0.05, 0) is 49.4 Å². The molecule has 0 spiro atoms. The number of nitrogens with zero attached hydrogens (tertiary/aromatic N) is 2. The number of aryl methyl sites for hydroxylation is 2. The van der Waals surface area contributed by atoms with Crippen LogP contribution in [0.1, 0.15) is 45.4 Å². The number of hydrogen-bond acceptors (Lipinski definition) is 4. The van der Waals surface area contributed by atoms with Crippen molar-refractivity contribution in [3.8, 4) is 10.7 Å². The normalized spacial score (nSPS) is 16.3. The van der Waals surface area contributed by atoms with E-state index in [4.69, 9.17) is 0 Å². The molecule has 25 heavy (non-hydrogen) atoms. The molecule has 1 atom stereocenters. The van der Waals surface area contributed by atoms with Crippen LogP contribution in [0.15, 0.2) is 48.7 Å². The molecule has 126 valence electrons. The average Bonchev–Trinajstić information content (AvgIpc) is 3.05. The molecular formula is C20H19N3OS. The number of carbonyl (C=O) groups excluding carboxylic acids is 1. The third-order valence-electron chi connectivity index (χ3n) is 4.56. The number of thiazole rings is 1. The number of hydrogen-bond donors (Lipinski definition) is 1. The third-order valence-corrected chi connectivity index (χ3v) is 5.74. The van der Waals surface area contributed by atoms with Gasteiger partial charge in [0.25, 0.3) is 5.91 Å². The van der Waals surface area contributed by atoms with E-state index >= 15 is 0 Å². The molecule has 1 aliphatic rings. The van der Waals surface area contributed by atoms with Crippen LogP contribution in [0.5, 0.6) is 0 Å². The van der Waals surface area contributed by atoms with Gasteiger partial charge in [-0.15, -0.1) is 11.3 Å². The van der Waals surface area contributed by atoms with Crippen LogP contribution in [0.4, 0.5) is 0 Å². The first kappa shape index (κ1) is 16.0. The quantitative estimate of drug-likeness (QED) is 0.766. The molecule has 1 N–H and O–H groups in total. The molecule has 0 saturated heterocycles. The Kier molecular flexibility index (Phi) is 4.32. The van der Waals surface area contributed by atoms with Crippen LogP contribution < -0.4 is 5.32 Å². The average molecular weight is 349 g/mol. The van der Waals surface area contributed by atoms with Crippen LogP contribution in [-0.2, 0) is 6.42 Å². The summed E-state index contributed by atoms with van der Waals surface area (Å²) in [6.07, 6.45) is 4.91. The molecule has 0 aliphatic heterocycles. The summed E-state index contributed by atoms with van der Waals surface area (Å²) in [5.41, 5.74) is 4.15. The van der Waals surface area contributed by atoms with Crippen LogP contribution in [0.2, 0.25) is 0 Å². The van der Waals surface area contributed by atoms with Gasteiger partial charge in [0.2, 0.25) is 0 Å². The molecule has 4 rings (SSSR count). The van der Waals surface area contributed by atoms with Crippen molar-refractivity contribution in [2.45, 2.75) is 32.2 Å². The second kappa shape index (κ2) is 6.76. The third kappa shape index (κ3) is 3.20. The maximum absolute atomic E-state index is 12.8. The van der Waals surface area contributed by atoms with Crippen molar-refractivity contribution in [2.24, 2.45) is 0 Å². The fourth-order valence-electron chi connectivity index (χ4n) is 3.33. The highest BCUT2D eigenvalue weighted by Crippen LogP contribution is 2.31. The Balaban J connectivity index is 1.58. The summed E-state index contributed by atoms with van der Waals surface area (Å²) in [7, 11) is 0. The lowest BCUT2D eigenvalue weighted by Gasteiger charge is -2.26. The van der Waals surface area contributed by atoms with E-state index in [2.05, 4.69) is 33.5 Å². The molecule has 3 aromatic rings. The van der Waals surface area contributed by atoms with Crippen molar-refractivity contribution in [1.82, 2.24) is 15.3 Å². The van der Waals surface area contributed by atoms with E-state index in [1.54, 1.807) is 6.20 Å². The number of nitrogens with one attached hydrogen (secondary N) is 1. The Morgan fingerprint density at radius 3 is 2.88 bits per heavy atom. The SMILES string of the molecule is Cc1nc(-c2ccccn2)sc1C(=O)N[C@@H]1CCCc2ccccc21. The van der Waals surface area contributed by atoms with E-state index < -0.39 is 0 Å². The topological polar surface area (TPSA) is 54.9 Å². The van der Waals surface area contributed by atoms with Gasteiger partial charge in [0.05, 0.1) is 17.4 Å². The first-order valence-corrected chi connectivity index (χ1v) is 9.31. The van der Waals surface area contributed by atoms with Crippen molar-refractivity contribution in [2.75, 3.05) is 0 Å². The fraction of sp³-hybridized carbons (Fsp3) is 0.250. The predicted molar refractivity (Wildman–Crippen MR) is 99.7 cm³/mol. The van der Waals surface area contributed by atoms with Gasteiger partial charge in [-0.3, -0.25) is 9.78 Å². The standard InChI is InChI=1S/C20H19N3OS/c1-13-18(25-20(22-13)17-10-4-5-12-21-17)19(24)23-16-11-6-8-14-7-2-3-9-15(14)16/h2-5,7,9-10,12,16H,6,8,11H2,1H3,(H,23,24)/t16-/m1/s1. The van der Waals surface area contributed by atoms with Gasteiger partial charge >= 0.3 is 0 Å². The van der Waals surface area contributed by atoms with E-state index in [-0.39, 0.29) is 11.9 Å². The Morgan fingerprint density at radius 2 is 2.04 bits per heavy atom. The van der Waals surface area contributed by atoms with Crippen LogP contribution in [0.3, 0.4) is 0 Å². The zero-order valence-electron chi connectivity index (χ0n) is 14.0. The van der Waals surface area contributed by atoms with Gasteiger partial charge in [-0.2, -0.15) is 0 Å². The van der Waals surface area contributed by atoms with Gasteiger partial charge in [0, 0.05) is 6.20 Å². The molecule has 0 saturated carbocycles. The summed E-state index contributed by atoms with van der Waals surface area (Å²) in [4.78, 5) is 22.4. The second-order valence-electron chi connectivity index (χ2n) is 6.27. The Morgan fingerprint density at radius 1 is 1.20 bits per heavy atom. The Bertz CT molecular complexity index is 904. The number of carbonyl (C=O) groups is 1. The van der Waals surface area contributed by atoms with Crippen molar-refractivity contribution >= 4 is 17.2 Å². The fourth-order valence-corrected chi connectivity index (χ4v) is 4.28. The lowest BCUT2D eigenvalue weighted by atomic mass is 9.88. The van der Waals surface area contributed by atoms with E-state index in [0.717, 1.165) is 35.7 Å². The second-order valence-corrected chi connectivity index (χ2v) is 7.26. The zero-order chi connectivity index (χ0) is 17.2. The summed E-state index contributed by atoms with van der Waals surface area (Å²) < 4.78 is 0. The van der Waals surface area contributed by atoms with Crippen LogP contribution in [0, 0.1) is 6.92 Å². The summed E-state index contributed by atoms with van der Waals surface area (Å²) in [6.45, 7) is 1.88. The number of fused-ring (bicyclic) bond motifs is 1. The van der Waals surface area contributed by atoms with Crippen molar-refractivity contribution in [3.05, 3.63) is 70.4 Å². The van der Waals surface area contributed by atoms with Gasteiger partial charge in [0.1, 0.15) is 9.88 Å². The first-order valence-electron chi connectivity index (χ1n) is 8.50. The van der Waals surface area contributed by atoms with Gasteiger partial charge in [0.15, 0.2) is 0 Å². The number of pyridine rings is 1. The minimum atomic E-state index is -0.0427. The molecule has 0 bridgehead atoms. The maximum Gasteiger partial charge on any atom is 0.263 e. The van der Waals surface area contributed by atoms with Crippen LogP contribution in [0.25, 0.3) is 10.7 Å². The van der Waals surface area contributed by atoms with Crippen LogP contribution >= 0.6 is 11.3 Å². The van der Waals surface area contributed by atoms with E-state index in [0.29, 0.717) is 4.88 Å². The van der Waals surface area contributed by atoms with Crippen molar-refractivity contribution in [1.29, 1.82) is 0 Å². The predicted octanol–water partition coefficient (Wildman–Crippen LogP) is 4.32. The minimum absolute atomic E-state index is 0.0427. The van der Waals surface area contributed by atoms with Crippen molar-refractivity contribution in [3.63, 3.8) is 0 Å². The molecule has 2 heterocycles. The van der Waals surface area contributed by atoms with Gasteiger partial charge < -0.3 is 5.32 Å². The summed E-state index contributed by atoms with van der Waals surface area (Å²) in [5.74, 6) is -0.0427. The molecular weight excluding hydrogens is 330 g/mol. The maximum atomic E-state index is 12.8. The molecule has 1 aliphatic carbocycles. The molecule has 0 unspecified atom stereocenters. The minimum Gasteiger partial charge on any atom is -0.344 e. The number of rotatable bonds is 3. The molecule has 0 fully saturated rings. The highest BCUT2D eigenvalue weighted by molar-refractivity contribution is 7.17. The molecule has 1 aromatic carbocycles. The summed E-state index contributed by atoms with van der Waals surface area (Å²) >= 11 is 1.40. The smallest absolute Gasteiger partial charge is 0.263 e. The molecule has 5 heteroatoms. The number of aromatic nitrogens is 2. The molecule has 4 nitrogen and oxygen atoms in total. The number of amides is 1. The number of benzene rings is 1. The van der Waals surface area contributed by atoms with Gasteiger partial charge in [-0.25, -0.2) is 4.98 Å². The Hall–Kier alpha value is -2.53. The van der Waals surface area contributed by atoms with Gasteiger partial charge in [-0.1, -0.05) is 30.3 Å². The molecule has 2 aromatic heterocycles. The summed E-state index contributed by atoms with van der Waals surface area (Å²) in [6, 6.07) is 14.2. The lowest BCUT2D eigenvalue weighted by Crippen LogP contribution is -2.30. The summed E-state index contributed by atoms with van der Waals surface area (Å²) in [5, 5.41) is 3.99. The monoisotopic (exact) mass is 349 g/mol. The largest absolute Gasteiger partial charge is 0.344 e. The Labute approximate surface area is 151 Å². The van der Waals surface area contributed by atoms with E-state index in [9.17, 15) is 4.79 Å². The lowest BCUT2D eigenvalue weighted by molar-refractivity contribution is 0.0936. The highest BCUT2D eigenvalue weighted by Gasteiger charge is 2.24. The van der Waals surface area contributed by atoms with Crippen LogP contribution in [-0.4, -0.2) is 15.9 Å². The first-order chi connectivity index (χ1) is 12.2.